The first kappa shape index (κ1) is 21.7. The van der Waals surface area contributed by atoms with Gasteiger partial charge in [0.25, 0.3) is 11.8 Å². The first-order valence-corrected chi connectivity index (χ1v) is 10.3. The van der Waals surface area contributed by atoms with E-state index in [1.165, 1.54) is 12.1 Å². The second-order valence-corrected chi connectivity index (χ2v) is 9.35. The molecule has 2 aromatic carbocycles. The van der Waals surface area contributed by atoms with Gasteiger partial charge < -0.3 is 5.11 Å². The van der Waals surface area contributed by atoms with Crippen LogP contribution in [0.15, 0.2) is 53.4 Å². The highest BCUT2D eigenvalue weighted by atomic mass is 32.2. The molecule has 1 fully saturated rings. The Labute approximate surface area is 183 Å². The Hall–Kier alpha value is -2.97. The maximum Gasteiger partial charge on any atom is 0.336 e. The molecule has 0 aliphatic carbocycles. The quantitative estimate of drug-likeness (QED) is 0.547. The zero-order valence-electron chi connectivity index (χ0n) is 16.6. The normalized spacial score (nSPS) is 15.6. The Morgan fingerprint density at radius 3 is 2.33 bits per heavy atom. The standard InChI is InChI=1S/C22H20N2O4S2/c1-22(2,3)15-10-8-13(9-11-15)18(25)23-24-19(26)17(30-21(24)29)12-14-6-4-5-7-16(14)20(27)28/h4-12H,1-3H3,(H,23,25)(H,27,28)/b17-12+. The van der Waals surface area contributed by atoms with E-state index in [-0.39, 0.29) is 20.2 Å². The van der Waals surface area contributed by atoms with Crippen LogP contribution in [-0.2, 0) is 10.2 Å². The van der Waals surface area contributed by atoms with E-state index in [9.17, 15) is 19.5 Å². The van der Waals surface area contributed by atoms with Crippen LogP contribution in [0.5, 0.6) is 0 Å². The van der Waals surface area contributed by atoms with Gasteiger partial charge in [-0.3, -0.25) is 15.0 Å². The van der Waals surface area contributed by atoms with Gasteiger partial charge in [-0.15, -0.1) is 0 Å². The number of benzene rings is 2. The van der Waals surface area contributed by atoms with Crippen molar-refractivity contribution in [3.63, 3.8) is 0 Å². The third kappa shape index (κ3) is 4.60. The number of nitrogens with zero attached hydrogens (tertiary/aromatic N) is 1. The van der Waals surface area contributed by atoms with Crippen molar-refractivity contribution in [3.05, 3.63) is 75.7 Å². The molecule has 1 aliphatic heterocycles. The zero-order chi connectivity index (χ0) is 22.1. The number of aromatic carboxylic acids is 1. The van der Waals surface area contributed by atoms with Gasteiger partial charge in [0.2, 0.25) is 0 Å². The van der Waals surface area contributed by atoms with Crippen LogP contribution in [0.4, 0.5) is 0 Å². The van der Waals surface area contributed by atoms with E-state index in [1.807, 2.05) is 12.1 Å². The van der Waals surface area contributed by atoms with Crippen molar-refractivity contribution < 1.29 is 19.5 Å². The van der Waals surface area contributed by atoms with Crippen LogP contribution in [0.2, 0.25) is 0 Å². The second-order valence-electron chi connectivity index (χ2n) is 7.68. The van der Waals surface area contributed by atoms with Crippen molar-refractivity contribution in [2.75, 3.05) is 0 Å². The first-order chi connectivity index (χ1) is 14.1. The Morgan fingerprint density at radius 1 is 1.10 bits per heavy atom. The average molecular weight is 441 g/mol. The molecule has 154 valence electrons. The summed E-state index contributed by atoms with van der Waals surface area (Å²) in [6.07, 6.45) is 1.47. The largest absolute Gasteiger partial charge is 0.478 e. The summed E-state index contributed by atoms with van der Waals surface area (Å²) in [7, 11) is 0. The lowest BCUT2D eigenvalue weighted by Crippen LogP contribution is -2.44. The number of hydrogen-bond acceptors (Lipinski definition) is 5. The molecule has 30 heavy (non-hydrogen) atoms. The SMILES string of the molecule is CC(C)(C)c1ccc(C(=O)NN2C(=O)/C(=C\c3ccccc3C(=O)O)SC2=S)cc1. The number of amides is 2. The number of hydrogen-bond donors (Lipinski definition) is 2. The minimum atomic E-state index is -1.09. The zero-order valence-corrected chi connectivity index (χ0v) is 18.3. The van der Waals surface area contributed by atoms with Gasteiger partial charge in [-0.1, -0.05) is 62.9 Å². The van der Waals surface area contributed by atoms with Crippen LogP contribution in [0.1, 0.15) is 52.6 Å². The summed E-state index contributed by atoms with van der Waals surface area (Å²) in [6.45, 7) is 6.24. The summed E-state index contributed by atoms with van der Waals surface area (Å²) in [5, 5.41) is 10.3. The van der Waals surface area contributed by atoms with E-state index in [0.717, 1.165) is 22.3 Å². The van der Waals surface area contributed by atoms with Gasteiger partial charge in [0.05, 0.1) is 10.5 Å². The van der Waals surface area contributed by atoms with Crippen LogP contribution < -0.4 is 5.43 Å². The lowest BCUT2D eigenvalue weighted by molar-refractivity contribution is -0.123. The third-order valence-corrected chi connectivity index (χ3v) is 5.80. The molecule has 8 heteroatoms. The molecular weight excluding hydrogens is 420 g/mol. The molecule has 2 amide bonds. The van der Waals surface area contributed by atoms with E-state index in [1.54, 1.807) is 30.3 Å². The summed E-state index contributed by atoms with van der Waals surface area (Å²) >= 11 is 6.23. The fourth-order valence-electron chi connectivity index (χ4n) is 2.81. The number of thiocarbonyl (C=S) groups is 1. The summed E-state index contributed by atoms with van der Waals surface area (Å²) < 4.78 is 0.165. The molecule has 0 atom stereocenters. The highest BCUT2D eigenvalue weighted by Gasteiger charge is 2.34. The first-order valence-electron chi connectivity index (χ1n) is 9.10. The lowest BCUT2D eigenvalue weighted by Gasteiger charge is -2.19. The number of carbonyl (C=O) groups excluding carboxylic acids is 2. The van der Waals surface area contributed by atoms with Gasteiger partial charge in [0.15, 0.2) is 4.32 Å². The van der Waals surface area contributed by atoms with E-state index in [2.05, 4.69) is 26.2 Å². The summed E-state index contributed by atoms with van der Waals surface area (Å²) in [4.78, 5) is 36.9. The summed E-state index contributed by atoms with van der Waals surface area (Å²) in [5.41, 5.74) is 4.44. The monoisotopic (exact) mass is 440 g/mol. The number of carboxylic acids is 1. The van der Waals surface area contributed by atoms with Crippen LogP contribution in [0.25, 0.3) is 6.08 Å². The van der Waals surface area contributed by atoms with Crippen LogP contribution >= 0.6 is 24.0 Å². The molecule has 0 unspecified atom stereocenters. The van der Waals surface area contributed by atoms with Gasteiger partial charge in [0.1, 0.15) is 0 Å². The highest BCUT2D eigenvalue weighted by Crippen LogP contribution is 2.32. The minimum absolute atomic E-state index is 0.0376. The molecule has 0 saturated carbocycles. The molecule has 0 radical (unpaired) electrons. The number of rotatable bonds is 4. The Kier molecular flexibility index (Phi) is 6.09. The summed E-state index contributed by atoms with van der Waals surface area (Å²) in [5.74, 6) is -2.06. The molecule has 6 nitrogen and oxygen atoms in total. The van der Waals surface area contributed by atoms with Crippen LogP contribution in [0.3, 0.4) is 0 Å². The Morgan fingerprint density at radius 2 is 1.73 bits per heavy atom. The molecule has 2 N–H and O–H groups in total. The van der Waals surface area contributed by atoms with Gasteiger partial charge in [-0.2, -0.15) is 5.01 Å². The number of hydrazine groups is 1. The fraction of sp³-hybridized carbons (Fsp3) is 0.182. The Balaban J connectivity index is 1.79. The van der Waals surface area contributed by atoms with E-state index >= 15 is 0 Å². The summed E-state index contributed by atoms with van der Waals surface area (Å²) in [6, 6.07) is 13.5. The second kappa shape index (κ2) is 8.41. The molecule has 1 saturated heterocycles. The van der Waals surface area contributed by atoms with Gasteiger partial charge in [0, 0.05) is 5.56 Å². The molecule has 0 aromatic heterocycles. The van der Waals surface area contributed by atoms with Crippen LogP contribution in [0, 0.1) is 0 Å². The molecule has 3 rings (SSSR count). The third-order valence-electron chi connectivity index (χ3n) is 4.50. The molecule has 1 heterocycles. The van der Waals surface area contributed by atoms with E-state index < -0.39 is 17.8 Å². The highest BCUT2D eigenvalue weighted by molar-refractivity contribution is 8.26. The molecule has 2 aromatic rings. The number of carboxylic acid groups (broad SMARTS) is 1. The van der Waals surface area contributed by atoms with Crippen LogP contribution in [-0.4, -0.2) is 32.2 Å². The molecular formula is C22H20N2O4S2. The van der Waals surface area contributed by atoms with Crippen molar-refractivity contribution in [1.29, 1.82) is 0 Å². The molecule has 0 spiro atoms. The number of nitrogens with one attached hydrogen (secondary N) is 1. The van der Waals surface area contributed by atoms with Gasteiger partial charge in [-0.05, 0) is 53.0 Å². The molecule has 1 aliphatic rings. The van der Waals surface area contributed by atoms with Gasteiger partial charge in [-0.25, -0.2) is 4.79 Å². The van der Waals surface area contributed by atoms with E-state index in [4.69, 9.17) is 12.2 Å². The maximum absolute atomic E-state index is 12.7. The van der Waals surface area contributed by atoms with Crippen molar-refractivity contribution in [2.24, 2.45) is 0 Å². The predicted octanol–water partition coefficient (Wildman–Crippen LogP) is 4.23. The van der Waals surface area contributed by atoms with E-state index in [0.29, 0.717) is 11.1 Å². The number of carbonyl (C=O) groups is 3. The van der Waals surface area contributed by atoms with Crippen molar-refractivity contribution >= 4 is 52.2 Å². The smallest absolute Gasteiger partial charge is 0.336 e. The average Bonchev–Trinajstić information content (AvgIpc) is 2.95. The topological polar surface area (TPSA) is 86.7 Å². The number of thioether (sulfide) groups is 1. The van der Waals surface area contributed by atoms with Crippen molar-refractivity contribution in [3.8, 4) is 0 Å². The lowest BCUT2D eigenvalue weighted by atomic mass is 9.87. The minimum Gasteiger partial charge on any atom is -0.478 e. The van der Waals surface area contributed by atoms with Crippen molar-refractivity contribution in [2.45, 2.75) is 26.2 Å². The fourth-order valence-corrected chi connectivity index (χ4v) is 3.98. The Bertz CT molecular complexity index is 1070. The van der Waals surface area contributed by atoms with Crippen molar-refractivity contribution in [1.82, 2.24) is 10.4 Å². The molecule has 0 bridgehead atoms. The maximum atomic E-state index is 12.7. The van der Waals surface area contributed by atoms with Gasteiger partial charge >= 0.3 is 5.97 Å². The predicted molar refractivity (Wildman–Crippen MR) is 121 cm³/mol.